The van der Waals surface area contributed by atoms with Crippen LogP contribution in [0, 0.1) is 6.92 Å². The van der Waals surface area contributed by atoms with Crippen molar-refractivity contribution in [1.29, 1.82) is 0 Å². The number of hydrogen-bond donors (Lipinski definition) is 1. The molecule has 20 heavy (non-hydrogen) atoms. The number of methoxy groups -OCH3 is 1. The van der Waals surface area contributed by atoms with Crippen LogP contribution in [0.15, 0.2) is 15.1 Å². The second-order valence-corrected chi connectivity index (χ2v) is 5.92. The average molecular weight is 337 g/mol. The van der Waals surface area contributed by atoms with Crippen LogP contribution < -0.4 is 10.5 Å². The van der Waals surface area contributed by atoms with Crippen LogP contribution in [-0.2, 0) is 12.8 Å². The molecule has 0 unspecified atom stereocenters. The molecule has 0 spiro atoms. The van der Waals surface area contributed by atoms with Crippen LogP contribution in [-0.4, -0.2) is 12.3 Å². The van der Waals surface area contributed by atoms with Gasteiger partial charge < -0.3 is 15.0 Å². The first kappa shape index (κ1) is 13.5. The molecule has 0 saturated carbocycles. The third kappa shape index (κ3) is 2.00. The number of fused-ring (bicyclic) bond motifs is 1. The number of aromatic nitrogens is 1. The monoisotopic (exact) mass is 336 g/mol. The van der Waals surface area contributed by atoms with Gasteiger partial charge in [-0.05, 0) is 65.2 Å². The minimum absolute atomic E-state index is 0.315. The molecule has 1 aromatic heterocycles. The number of nitrogens with zero attached hydrogens (tertiary/aromatic N) is 1. The fourth-order valence-corrected chi connectivity index (χ4v) is 3.83. The highest BCUT2D eigenvalue weighted by Crippen LogP contribution is 2.45. The summed E-state index contributed by atoms with van der Waals surface area (Å²) in [6.07, 6.45) is 4.65. The summed E-state index contributed by atoms with van der Waals surface area (Å²) in [6.45, 7) is 2.12. The molecular weight excluding hydrogens is 320 g/mol. The second kappa shape index (κ2) is 5.13. The molecule has 5 heteroatoms. The van der Waals surface area contributed by atoms with E-state index in [2.05, 4.69) is 28.0 Å². The highest BCUT2D eigenvalue weighted by molar-refractivity contribution is 9.10. The van der Waals surface area contributed by atoms with E-state index in [4.69, 9.17) is 15.0 Å². The van der Waals surface area contributed by atoms with Crippen LogP contribution >= 0.6 is 15.9 Å². The largest absolute Gasteiger partial charge is 0.495 e. The van der Waals surface area contributed by atoms with Gasteiger partial charge in [-0.2, -0.15) is 0 Å². The van der Waals surface area contributed by atoms with Gasteiger partial charge in [0.05, 0.1) is 17.1 Å². The van der Waals surface area contributed by atoms with Gasteiger partial charge in [-0.15, -0.1) is 0 Å². The number of rotatable bonds is 2. The molecule has 0 atom stereocenters. The molecule has 1 heterocycles. The third-order valence-electron chi connectivity index (χ3n) is 3.98. The number of halogens is 1. The number of ether oxygens (including phenoxy) is 1. The van der Waals surface area contributed by atoms with E-state index in [-0.39, 0.29) is 0 Å². The first-order chi connectivity index (χ1) is 9.63. The van der Waals surface area contributed by atoms with Crippen molar-refractivity contribution in [2.24, 2.45) is 0 Å². The van der Waals surface area contributed by atoms with E-state index in [1.165, 1.54) is 29.5 Å². The van der Waals surface area contributed by atoms with Gasteiger partial charge in [-0.3, -0.25) is 0 Å². The summed E-state index contributed by atoms with van der Waals surface area (Å²) in [5, 5.41) is 4.04. The summed E-state index contributed by atoms with van der Waals surface area (Å²) < 4.78 is 11.7. The van der Waals surface area contributed by atoms with E-state index < -0.39 is 0 Å². The van der Waals surface area contributed by atoms with Gasteiger partial charge in [0.15, 0.2) is 0 Å². The van der Waals surface area contributed by atoms with Crippen molar-refractivity contribution in [1.82, 2.24) is 5.16 Å². The number of anilines is 1. The highest BCUT2D eigenvalue weighted by atomic mass is 79.9. The minimum atomic E-state index is 0.315. The Hall–Kier alpha value is -1.49. The van der Waals surface area contributed by atoms with E-state index >= 15 is 0 Å². The zero-order valence-electron chi connectivity index (χ0n) is 11.6. The molecule has 1 aliphatic rings. The van der Waals surface area contributed by atoms with E-state index in [0.717, 1.165) is 34.3 Å². The quantitative estimate of drug-likeness (QED) is 0.903. The molecule has 0 bridgehead atoms. The van der Waals surface area contributed by atoms with Gasteiger partial charge >= 0.3 is 0 Å². The van der Waals surface area contributed by atoms with E-state index in [9.17, 15) is 0 Å². The van der Waals surface area contributed by atoms with Crippen LogP contribution in [0.5, 0.6) is 5.75 Å². The molecule has 0 saturated heterocycles. The molecule has 2 N–H and O–H groups in total. The van der Waals surface area contributed by atoms with E-state index in [1.54, 1.807) is 13.2 Å². The normalized spacial score (nSPS) is 14.2. The number of nitrogen functional groups attached to an aromatic ring is 1. The molecule has 4 nitrogen and oxygen atoms in total. The Kier molecular flexibility index (Phi) is 3.46. The van der Waals surface area contributed by atoms with Gasteiger partial charge in [0, 0.05) is 6.07 Å². The molecule has 0 aliphatic heterocycles. The maximum absolute atomic E-state index is 5.65. The predicted octanol–water partition coefficient (Wildman–Crippen LogP) is 3.88. The topological polar surface area (TPSA) is 61.3 Å². The lowest BCUT2D eigenvalue weighted by atomic mass is 9.85. The van der Waals surface area contributed by atoms with Gasteiger partial charge in [0.1, 0.15) is 11.4 Å². The third-order valence-corrected chi connectivity index (χ3v) is 4.81. The van der Waals surface area contributed by atoms with Crippen molar-refractivity contribution in [3.63, 3.8) is 0 Å². The maximum atomic E-state index is 5.65. The maximum Gasteiger partial charge on any atom is 0.222 e. The molecule has 2 aromatic rings. The smallest absolute Gasteiger partial charge is 0.222 e. The summed E-state index contributed by atoms with van der Waals surface area (Å²) in [5.74, 6) is 1.13. The lowest BCUT2D eigenvalue weighted by Crippen LogP contribution is -2.09. The average Bonchev–Trinajstić information content (AvgIpc) is 2.88. The Morgan fingerprint density at radius 2 is 2.00 bits per heavy atom. The van der Waals surface area contributed by atoms with Crippen molar-refractivity contribution in [2.45, 2.75) is 32.6 Å². The lowest BCUT2D eigenvalue weighted by molar-refractivity contribution is 0.409. The van der Waals surface area contributed by atoms with Crippen molar-refractivity contribution >= 4 is 21.8 Å². The SMILES string of the molecule is COc1c(Br)c2c(c(C)c1-c1cc(N)on1)CCCC2. The standard InChI is InChI=1S/C15H17BrN2O2/c1-8-9-5-3-4-6-10(9)14(16)15(19-2)13(8)11-7-12(17)20-18-11/h7H,3-6,17H2,1-2H3. The fourth-order valence-electron chi connectivity index (χ4n) is 3.04. The number of benzene rings is 1. The summed E-state index contributed by atoms with van der Waals surface area (Å²) in [4.78, 5) is 0. The highest BCUT2D eigenvalue weighted by Gasteiger charge is 2.25. The predicted molar refractivity (Wildman–Crippen MR) is 82.0 cm³/mol. The number of nitrogens with two attached hydrogens (primary N) is 1. The van der Waals surface area contributed by atoms with Crippen LogP contribution in [0.25, 0.3) is 11.3 Å². The minimum Gasteiger partial charge on any atom is -0.495 e. The first-order valence-electron chi connectivity index (χ1n) is 6.73. The summed E-state index contributed by atoms with van der Waals surface area (Å²) in [5.41, 5.74) is 11.3. The molecule has 3 rings (SSSR count). The molecule has 0 amide bonds. The van der Waals surface area contributed by atoms with Crippen molar-refractivity contribution in [3.8, 4) is 17.0 Å². The molecule has 0 fully saturated rings. The molecule has 106 valence electrons. The molecular formula is C15H17BrN2O2. The second-order valence-electron chi connectivity index (χ2n) is 5.13. The van der Waals surface area contributed by atoms with Gasteiger partial charge in [0.2, 0.25) is 5.88 Å². The zero-order chi connectivity index (χ0) is 14.3. The zero-order valence-corrected chi connectivity index (χ0v) is 13.2. The molecule has 1 aliphatic carbocycles. The van der Waals surface area contributed by atoms with Crippen LogP contribution in [0.2, 0.25) is 0 Å². The van der Waals surface area contributed by atoms with E-state index in [0.29, 0.717) is 5.88 Å². The first-order valence-corrected chi connectivity index (χ1v) is 7.53. The summed E-state index contributed by atoms with van der Waals surface area (Å²) >= 11 is 3.70. The van der Waals surface area contributed by atoms with Crippen molar-refractivity contribution in [3.05, 3.63) is 27.2 Å². The lowest BCUT2D eigenvalue weighted by Gasteiger charge is -2.24. The summed E-state index contributed by atoms with van der Waals surface area (Å²) in [7, 11) is 1.68. The van der Waals surface area contributed by atoms with E-state index in [1.807, 2.05) is 0 Å². The fraction of sp³-hybridized carbons (Fsp3) is 0.400. The van der Waals surface area contributed by atoms with Crippen LogP contribution in [0.1, 0.15) is 29.5 Å². The van der Waals surface area contributed by atoms with Crippen molar-refractivity contribution in [2.75, 3.05) is 12.8 Å². The van der Waals surface area contributed by atoms with Crippen molar-refractivity contribution < 1.29 is 9.26 Å². The van der Waals surface area contributed by atoms with Crippen LogP contribution in [0.4, 0.5) is 5.88 Å². The van der Waals surface area contributed by atoms with Gasteiger partial charge in [-0.1, -0.05) is 5.16 Å². The number of hydrogen-bond acceptors (Lipinski definition) is 4. The van der Waals surface area contributed by atoms with Gasteiger partial charge in [0.25, 0.3) is 0 Å². The van der Waals surface area contributed by atoms with Crippen LogP contribution in [0.3, 0.4) is 0 Å². The Morgan fingerprint density at radius 3 is 2.60 bits per heavy atom. The summed E-state index contributed by atoms with van der Waals surface area (Å²) in [6, 6.07) is 1.74. The molecule has 1 aromatic carbocycles. The Bertz CT molecular complexity index is 664. The molecule has 0 radical (unpaired) electrons. The Balaban J connectivity index is 2.30. The Morgan fingerprint density at radius 1 is 1.30 bits per heavy atom. The Labute approximate surface area is 126 Å². The van der Waals surface area contributed by atoms with Gasteiger partial charge in [-0.25, -0.2) is 0 Å².